The fourth-order valence-corrected chi connectivity index (χ4v) is 1.79. The van der Waals surface area contributed by atoms with E-state index in [0.717, 1.165) is 19.2 Å². The maximum Gasteiger partial charge on any atom is 0.327 e. The number of carbonyl (C=O) groups excluding carboxylic acids is 1. The van der Waals surface area contributed by atoms with E-state index >= 15 is 0 Å². The zero-order valence-electron chi connectivity index (χ0n) is 9.02. The van der Waals surface area contributed by atoms with Crippen molar-refractivity contribution in [3.05, 3.63) is 37.9 Å². The molecule has 1 aromatic carbocycles. The van der Waals surface area contributed by atoms with Gasteiger partial charge in [-0.3, -0.25) is 14.9 Å². The molecule has 0 aliphatic heterocycles. The van der Waals surface area contributed by atoms with Crippen LogP contribution in [0.15, 0.2) is 12.1 Å². The summed E-state index contributed by atoms with van der Waals surface area (Å²) < 4.78 is 4.43. The van der Waals surface area contributed by atoms with Gasteiger partial charge in [-0.2, -0.15) is 5.26 Å². The molecule has 0 spiro atoms. The Morgan fingerprint density at radius 2 is 2.11 bits per heavy atom. The smallest absolute Gasteiger partial charge is 0.327 e. The molecular formula is C10H6Cl2N2O4. The molecular weight excluding hydrogens is 283 g/mol. The summed E-state index contributed by atoms with van der Waals surface area (Å²) in [6.07, 6.45) is 0. The van der Waals surface area contributed by atoms with Gasteiger partial charge in [0.25, 0.3) is 5.69 Å². The van der Waals surface area contributed by atoms with Crippen molar-refractivity contribution in [2.75, 3.05) is 7.11 Å². The van der Waals surface area contributed by atoms with Crippen molar-refractivity contribution >= 4 is 34.9 Å². The molecule has 0 radical (unpaired) electrons. The number of hydrogen-bond acceptors (Lipinski definition) is 5. The summed E-state index contributed by atoms with van der Waals surface area (Å²) >= 11 is 11.5. The van der Waals surface area contributed by atoms with Crippen molar-refractivity contribution in [3.8, 4) is 6.07 Å². The van der Waals surface area contributed by atoms with Crippen LogP contribution in [0.2, 0.25) is 10.0 Å². The quantitative estimate of drug-likeness (QED) is 0.484. The summed E-state index contributed by atoms with van der Waals surface area (Å²) in [5.74, 6) is -2.09. The van der Waals surface area contributed by atoms with Crippen molar-refractivity contribution in [2.45, 2.75) is 5.92 Å². The number of nitro benzene ring substituents is 1. The lowest BCUT2D eigenvalue weighted by Gasteiger charge is -2.09. The van der Waals surface area contributed by atoms with Crippen LogP contribution in [-0.4, -0.2) is 18.0 Å². The zero-order chi connectivity index (χ0) is 13.9. The molecule has 94 valence electrons. The minimum Gasteiger partial charge on any atom is -0.468 e. The maximum absolute atomic E-state index is 11.3. The van der Waals surface area contributed by atoms with Crippen LogP contribution in [0.3, 0.4) is 0 Å². The number of nitro groups is 1. The maximum atomic E-state index is 11.3. The van der Waals surface area contributed by atoms with Gasteiger partial charge in [-0.15, -0.1) is 0 Å². The lowest BCUT2D eigenvalue weighted by molar-refractivity contribution is -0.384. The average molecular weight is 289 g/mol. The first-order valence-corrected chi connectivity index (χ1v) is 5.28. The molecule has 0 saturated heterocycles. The van der Waals surface area contributed by atoms with E-state index in [1.807, 2.05) is 0 Å². The number of hydrogen-bond donors (Lipinski definition) is 0. The average Bonchev–Trinajstić information content (AvgIpc) is 2.33. The molecule has 1 unspecified atom stereocenters. The summed E-state index contributed by atoms with van der Waals surface area (Å²) in [5.41, 5.74) is -0.325. The number of nitriles is 1. The van der Waals surface area contributed by atoms with Crippen LogP contribution in [0, 0.1) is 21.4 Å². The Morgan fingerprint density at radius 3 is 2.56 bits per heavy atom. The van der Waals surface area contributed by atoms with E-state index in [1.54, 1.807) is 6.07 Å². The molecule has 1 atom stereocenters. The van der Waals surface area contributed by atoms with Gasteiger partial charge in [-0.25, -0.2) is 0 Å². The molecule has 0 aliphatic carbocycles. The Morgan fingerprint density at radius 1 is 1.50 bits per heavy atom. The standard InChI is InChI=1S/C10H6Cl2N2O4/c1-18-10(15)6(4-13)5-2-8(12)9(14(16)17)3-7(5)11/h2-3,6H,1H3. The van der Waals surface area contributed by atoms with Crippen LogP contribution >= 0.6 is 23.2 Å². The molecule has 18 heavy (non-hydrogen) atoms. The fraction of sp³-hybridized carbons (Fsp3) is 0.200. The lowest BCUT2D eigenvalue weighted by Crippen LogP contribution is -2.13. The molecule has 0 amide bonds. The lowest BCUT2D eigenvalue weighted by atomic mass is 10.0. The van der Waals surface area contributed by atoms with Gasteiger partial charge >= 0.3 is 5.97 Å². The highest BCUT2D eigenvalue weighted by atomic mass is 35.5. The molecule has 0 N–H and O–H groups in total. The van der Waals surface area contributed by atoms with Gasteiger partial charge in [0, 0.05) is 11.6 Å². The molecule has 6 nitrogen and oxygen atoms in total. The van der Waals surface area contributed by atoms with E-state index in [9.17, 15) is 14.9 Å². The number of benzene rings is 1. The zero-order valence-corrected chi connectivity index (χ0v) is 10.5. The Hall–Kier alpha value is -1.84. The van der Waals surface area contributed by atoms with Crippen LogP contribution < -0.4 is 0 Å². The molecule has 0 aromatic heterocycles. The molecule has 0 saturated carbocycles. The first-order chi connectivity index (χ1) is 8.42. The van der Waals surface area contributed by atoms with Crippen molar-refractivity contribution in [1.82, 2.24) is 0 Å². The summed E-state index contributed by atoms with van der Waals surface area (Å²) in [5, 5.41) is 19.2. The van der Waals surface area contributed by atoms with E-state index in [-0.39, 0.29) is 15.6 Å². The molecule has 8 heteroatoms. The number of methoxy groups -OCH3 is 1. The molecule has 0 aliphatic rings. The Bertz CT molecular complexity index is 554. The van der Waals surface area contributed by atoms with E-state index in [1.165, 1.54) is 0 Å². The van der Waals surface area contributed by atoms with Crippen molar-refractivity contribution in [2.24, 2.45) is 0 Å². The van der Waals surface area contributed by atoms with Crippen LogP contribution in [0.4, 0.5) is 5.69 Å². The minimum absolute atomic E-state index is 0.0709. The highest BCUT2D eigenvalue weighted by molar-refractivity contribution is 6.35. The Balaban J connectivity index is 3.35. The third kappa shape index (κ3) is 2.70. The number of nitrogens with zero attached hydrogens (tertiary/aromatic N) is 2. The van der Waals surface area contributed by atoms with Gasteiger partial charge in [0.15, 0.2) is 5.92 Å². The van der Waals surface area contributed by atoms with Crippen LogP contribution in [-0.2, 0) is 9.53 Å². The largest absolute Gasteiger partial charge is 0.468 e. The highest BCUT2D eigenvalue weighted by Crippen LogP contribution is 2.34. The summed E-state index contributed by atoms with van der Waals surface area (Å²) in [6.45, 7) is 0. The number of rotatable bonds is 3. The Labute approximate surface area is 112 Å². The van der Waals surface area contributed by atoms with E-state index in [0.29, 0.717) is 0 Å². The van der Waals surface area contributed by atoms with Gasteiger partial charge in [0.05, 0.1) is 23.1 Å². The second kappa shape index (κ2) is 5.67. The summed E-state index contributed by atoms with van der Waals surface area (Å²) in [6, 6.07) is 3.81. The van der Waals surface area contributed by atoms with Crippen molar-refractivity contribution < 1.29 is 14.5 Å². The van der Waals surface area contributed by atoms with Gasteiger partial charge < -0.3 is 4.74 Å². The Kier molecular flexibility index (Phi) is 4.48. The topological polar surface area (TPSA) is 93.2 Å². The molecule has 0 fully saturated rings. The first kappa shape index (κ1) is 14.2. The normalized spacial score (nSPS) is 11.4. The minimum atomic E-state index is -1.28. The van der Waals surface area contributed by atoms with Crippen LogP contribution in [0.1, 0.15) is 11.5 Å². The predicted octanol–water partition coefficient (Wildman–Crippen LogP) is 2.68. The molecule has 1 aromatic rings. The SMILES string of the molecule is COC(=O)C(C#N)c1cc(Cl)c([N+](=O)[O-])cc1Cl. The third-order valence-electron chi connectivity index (χ3n) is 2.14. The van der Waals surface area contributed by atoms with Gasteiger partial charge in [-0.05, 0) is 6.07 Å². The second-order valence-corrected chi connectivity index (χ2v) is 3.98. The second-order valence-electron chi connectivity index (χ2n) is 3.17. The van der Waals surface area contributed by atoms with E-state index in [2.05, 4.69) is 4.74 Å². The fourth-order valence-electron chi connectivity index (χ4n) is 1.28. The first-order valence-electron chi connectivity index (χ1n) is 4.53. The number of esters is 1. The van der Waals surface area contributed by atoms with Crippen LogP contribution in [0.5, 0.6) is 0 Å². The number of carbonyl (C=O) groups is 1. The van der Waals surface area contributed by atoms with E-state index < -0.39 is 22.5 Å². The number of halogens is 2. The number of ether oxygens (including phenoxy) is 1. The highest BCUT2D eigenvalue weighted by Gasteiger charge is 2.26. The summed E-state index contributed by atoms with van der Waals surface area (Å²) in [7, 11) is 1.12. The molecule has 0 heterocycles. The van der Waals surface area contributed by atoms with Crippen molar-refractivity contribution in [1.29, 1.82) is 5.26 Å². The third-order valence-corrected chi connectivity index (χ3v) is 2.77. The molecule has 1 rings (SSSR count). The van der Waals surface area contributed by atoms with Gasteiger partial charge in [-0.1, -0.05) is 23.2 Å². The van der Waals surface area contributed by atoms with Crippen molar-refractivity contribution in [3.63, 3.8) is 0 Å². The molecule has 0 bridgehead atoms. The summed E-state index contributed by atoms with van der Waals surface area (Å²) in [4.78, 5) is 21.3. The monoisotopic (exact) mass is 288 g/mol. The predicted molar refractivity (Wildman–Crippen MR) is 63.5 cm³/mol. The van der Waals surface area contributed by atoms with Gasteiger partial charge in [0.2, 0.25) is 0 Å². The van der Waals surface area contributed by atoms with Crippen LogP contribution in [0.25, 0.3) is 0 Å². The van der Waals surface area contributed by atoms with E-state index in [4.69, 9.17) is 28.5 Å². The van der Waals surface area contributed by atoms with Gasteiger partial charge in [0.1, 0.15) is 5.02 Å².